The van der Waals surface area contributed by atoms with Gasteiger partial charge in [-0.15, -0.1) is 11.8 Å². The lowest BCUT2D eigenvalue weighted by Gasteiger charge is -2.25. The van der Waals surface area contributed by atoms with Crippen molar-refractivity contribution < 1.29 is 14.0 Å². The number of anilines is 2. The minimum atomic E-state index is -0.404. The van der Waals surface area contributed by atoms with E-state index in [4.69, 9.17) is 0 Å². The van der Waals surface area contributed by atoms with Crippen LogP contribution in [0.15, 0.2) is 42.5 Å². The van der Waals surface area contributed by atoms with Gasteiger partial charge in [-0.2, -0.15) is 0 Å². The van der Waals surface area contributed by atoms with Gasteiger partial charge in [0.15, 0.2) is 0 Å². The lowest BCUT2D eigenvalue weighted by molar-refractivity contribution is -0.117. The van der Waals surface area contributed by atoms with Crippen LogP contribution in [-0.4, -0.2) is 17.6 Å². The molecule has 1 aliphatic rings. The van der Waals surface area contributed by atoms with E-state index >= 15 is 0 Å². The summed E-state index contributed by atoms with van der Waals surface area (Å²) in [4.78, 5) is 25.8. The smallest absolute Gasteiger partial charge is 0.238 e. The van der Waals surface area contributed by atoms with Crippen LogP contribution in [0, 0.1) is 18.7 Å². The van der Waals surface area contributed by atoms with Crippen molar-refractivity contribution in [1.29, 1.82) is 0 Å². The third-order valence-electron chi connectivity index (χ3n) is 4.30. The Labute approximate surface area is 163 Å². The molecule has 0 radical (unpaired) electrons. The third-order valence-corrected chi connectivity index (χ3v) is 5.51. The van der Waals surface area contributed by atoms with E-state index in [9.17, 15) is 14.0 Å². The molecule has 2 amide bonds. The van der Waals surface area contributed by atoms with E-state index < -0.39 is 5.82 Å². The number of amides is 2. The molecule has 6 heteroatoms. The maximum absolute atomic E-state index is 14.3. The minimum absolute atomic E-state index is 0.0216. The van der Waals surface area contributed by atoms with Gasteiger partial charge in [0.25, 0.3) is 0 Å². The van der Waals surface area contributed by atoms with Crippen LogP contribution in [0.25, 0.3) is 0 Å². The van der Waals surface area contributed by atoms with E-state index in [0.29, 0.717) is 29.5 Å². The molecule has 1 N–H and O–H groups in total. The van der Waals surface area contributed by atoms with Gasteiger partial charge in [0.1, 0.15) is 11.2 Å². The molecular weight excluding hydrogens is 363 g/mol. The lowest BCUT2D eigenvalue weighted by atomic mass is 10.1. The lowest BCUT2D eigenvalue weighted by Crippen LogP contribution is -2.28. The van der Waals surface area contributed by atoms with Gasteiger partial charge in [0.05, 0.1) is 11.4 Å². The summed E-state index contributed by atoms with van der Waals surface area (Å²) in [7, 11) is 0. The average molecular weight is 386 g/mol. The zero-order valence-electron chi connectivity index (χ0n) is 15.7. The van der Waals surface area contributed by atoms with Crippen molar-refractivity contribution in [3.8, 4) is 0 Å². The van der Waals surface area contributed by atoms with E-state index in [1.807, 2.05) is 45.0 Å². The molecule has 3 rings (SSSR count). The predicted octanol–water partition coefficient (Wildman–Crippen LogP) is 4.90. The van der Waals surface area contributed by atoms with Crippen LogP contribution in [0.3, 0.4) is 0 Å². The highest BCUT2D eigenvalue weighted by Gasteiger charge is 2.35. The third kappa shape index (κ3) is 4.50. The molecule has 27 heavy (non-hydrogen) atoms. The number of hydrogen-bond acceptors (Lipinski definition) is 3. The van der Waals surface area contributed by atoms with Crippen LogP contribution in [0.5, 0.6) is 0 Å². The molecule has 0 saturated carbocycles. The number of thioether (sulfide) groups is 1. The zero-order valence-corrected chi connectivity index (χ0v) is 16.5. The van der Waals surface area contributed by atoms with Crippen molar-refractivity contribution in [3.05, 3.63) is 59.4 Å². The topological polar surface area (TPSA) is 49.4 Å². The molecule has 1 heterocycles. The molecular formula is C21H23FN2O2S. The van der Waals surface area contributed by atoms with Crippen molar-refractivity contribution in [2.75, 3.05) is 16.0 Å². The first-order valence-electron chi connectivity index (χ1n) is 8.95. The Morgan fingerprint density at radius 2 is 1.96 bits per heavy atom. The number of carbonyl (C=O) groups excluding carboxylic acids is 2. The number of rotatable bonds is 5. The molecule has 1 fully saturated rings. The molecule has 0 unspecified atom stereocenters. The Bertz CT molecular complexity index is 852. The largest absolute Gasteiger partial charge is 0.326 e. The van der Waals surface area contributed by atoms with Gasteiger partial charge in [-0.3, -0.25) is 14.5 Å². The Balaban J connectivity index is 1.81. The fourth-order valence-electron chi connectivity index (χ4n) is 3.05. The van der Waals surface area contributed by atoms with E-state index in [1.54, 1.807) is 12.1 Å². The standard InChI is InChI=1S/C21H23FN2O2S/c1-13(2)10-19(25)23-16-7-5-15(6-8-16)21-24(20(26)12-27-21)18-11-14(3)4-9-17(18)22/h4-9,11,13,21H,10,12H2,1-3H3,(H,23,25)/t21-/m0/s1. The van der Waals surface area contributed by atoms with Crippen molar-refractivity contribution in [2.45, 2.75) is 32.6 Å². The van der Waals surface area contributed by atoms with Gasteiger partial charge >= 0.3 is 0 Å². The van der Waals surface area contributed by atoms with Gasteiger partial charge in [-0.05, 0) is 48.2 Å². The second-order valence-corrected chi connectivity index (χ2v) is 8.22. The summed E-state index contributed by atoms with van der Waals surface area (Å²) in [5.41, 5.74) is 2.82. The molecule has 0 aromatic heterocycles. The first kappa shape index (κ1) is 19.4. The summed E-state index contributed by atoms with van der Waals surface area (Å²) < 4.78 is 14.3. The molecule has 0 aliphatic carbocycles. The van der Waals surface area contributed by atoms with E-state index in [1.165, 1.54) is 22.7 Å². The summed E-state index contributed by atoms with van der Waals surface area (Å²) >= 11 is 1.47. The first-order chi connectivity index (χ1) is 12.8. The SMILES string of the molecule is Cc1ccc(F)c(N2C(=O)CS[C@H]2c2ccc(NC(=O)CC(C)C)cc2)c1. The van der Waals surface area contributed by atoms with Gasteiger partial charge < -0.3 is 5.32 Å². The molecule has 2 aromatic rings. The highest BCUT2D eigenvalue weighted by atomic mass is 32.2. The monoisotopic (exact) mass is 386 g/mol. The molecule has 1 saturated heterocycles. The van der Waals surface area contributed by atoms with E-state index in [0.717, 1.165) is 11.1 Å². The molecule has 4 nitrogen and oxygen atoms in total. The van der Waals surface area contributed by atoms with Gasteiger partial charge in [0.2, 0.25) is 11.8 Å². The minimum Gasteiger partial charge on any atom is -0.326 e. The van der Waals surface area contributed by atoms with Crippen molar-refractivity contribution in [3.63, 3.8) is 0 Å². The molecule has 0 spiro atoms. The maximum Gasteiger partial charge on any atom is 0.238 e. The first-order valence-corrected chi connectivity index (χ1v) is 9.99. The Kier molecular flexibility index (Phi) is 5.85. The normalized spacial score (nSPS) is 16.9. The highest BCUT2D eigenvalue weighted by Crippen LogP contribution is 2.42. The van der Waals surface area contributed by atoms with Crippen LogP contribution in [0.4, 0.5) is 15.8 Å². The molecule has 1 atom stereocenters. The molecule has 2 aromatic carbocycles. The fourth-order valence-corrected chi connectivity index (χ4v) is 4.22. The number of hydrogen-bond donors (Lipinski definition) is 1. The second kappa shape index (κ2) is 8.13. The van der Waals surface area contributed by atoms with E-state index in [-0.39, 0.29) is 17.2 Å². The van der Waals surface area contributed by atoms with Gasteiger partial charge in [-0.25, -0.2) is 4.39 Å². The number of aryl methyl sites for hydroxylation is 1. The van der Waals surface area contributed by atoms with Crippen LogP contribution < -0.4 is 10.2 Å². The van der Waals surface area contributed by atoms with Crippen LogP contribution in [0.2, 0.25) is 0 Å². The number of nitrogens with one attached hydrogen (secondary N) is 1. The average Bonchev–Trinajstić information content (AvgIpc) is 2.98. The summed E-state index contributed by atoms with van der Waals surface area (Å²) in [6.45, 7) is 5.87. The highest BCUT2D eigenvalue weighted by molar-refractivity contribution is 8.00. The second-order valence-electron chi connectivity index (χ2n) is 7.15. The number of halogens is 1. The number of benzene rings is 2. The molecule has 142 valence electrons. The van der Waals surface area contributed by atoms with Crippen LogP contribution in [-0.2, 0) is 9.59 Å². The Morgan fingerprint density at radius 3 is 2.63 bits per heavy atom. The van der Waals surface area contributed by atoms with Crippen molar-refractivity contribution in [1.82, 2.24) is 0 Å². The Hall–Kier alpha value is -2.34. The Morgan fingerprint density at radius 1 is 1.26 bits per heavy atom. The van der Waals surface area contributed by atoms with Gasteiger partial charge in [-0.1, -0.05) is 32.0 Å². The van der Waals surface area contributed by atoms with Crippen molar-refractivity contribution in [2.24, 2.45) is 5.92 Å². The summed E-state index contributed by atoms with van der Waals surface area (Å²) in [5, 5.41) is 2.59. The number of carbonyl (C=O) groups is 2. The molecule has 0 bridgehead atoms. The molecule has 1 aliphatic heterocycles. The van der Waals surface area contributed by atoms with Gasteiger partial charge in [0, 0.05) is 12.1 Å². The summed E-state index contributed by atoms with van der Waals surface area (Å²) in [5.74, 6) is 0.0719. The summed E-state index contributed by atoms with van der Waals surface area (Å²) in [6.07, 6.45) is 0.467. The van der Waals surface area contributed by atoms with Crippen LogP contribution in [0.1, 0.15) is 36.8 Å². The predicted molar refractivity (Wildman–Crippen MR) is 108 cm³/mol. The quantitative estimate of drug-likeness (QED) is 0.795. The zero-order chi connectivity index (χ0) is 19.6. The summed E-state index contributed by atoms with van der Waals surface area (Å²) in [6, 6.07) is 12.2. The van der Waals surface area contributed by atoms with E-state index in [2.05, 4.69) is 5.32 Å². The van der Waals surface area contributed by atoms with Crippen LogP contribution >= 0.6 is 11.8 Å². The van der Waals surface area contributed by atoms with Crippen molar-refractivity contribution >= 4 is 35.0 Å². The number of nitrogens with zero attached hydrogens (tertiary/aromatic N) is 1. The fraction of sp³-hybridized carbons (Fsp3) is 0.333. The maximum atomic E-state index is 14.3.